The van der Waals surface area contributed by atoms with Crippen LogP contribution in [0.3, 0.4) is 0 Å². The van der Waals surface area contributed by atoms with Gasteiger partial charge >= 0.3 is 5.97 Å². The molecule has 0 aromatic heterocycles. The maximum atomic E-state index is 12.2. The number of aliphatic hydroxyl groups excluding tert-OH is 1. The summed E-state index contributed by atoms with van der Waals surface area (Å²) in [6.07, 6.45) is 13.3. The molecule has 0 bridgehead atoms. The van der Waals surface area contributed by atoms with Crippen LogP contribution in [0, 0.1) is 11.8 Å². The number of unbranched alkanes of at least 4 members (excludes halogenated alkanes) is 3. The summed E-state index contributed by atoms with van der Waals surface area (Å²) in [5, 5.41) is 20.7. The summed E-state index contributed by atoms with van der Waals surface area (Å²) >= 11 is 0. The minimum absolute atomic E-state index is 0.0713. The molecule has 1 rings (SSSR count). The quantitative estimate of drug-likeness (QED) is 0.306. The Labute approximate surface area is 163 Å². The fraction of sp³-hybridized carbons (Fsp3) is 0.727. The Morgan fingerprint density at radius 3 is 2.70 bits per heavy atom. The van der Waals surface area contributed by atoms with Crippen molar-refractivity contribution >= 4 is 11.8 Å². The van der Waals surface area contributed by atoms with E-state index >= 15 is 0 Å². The summed E-state index contributed by atoms with van der Waals surface area (Å²) in [6, 6.07) is 0. The molecule has 0 radical (unpaired) electrons. The van der Waals surface area contributed by atoms with E-state index in [9.17, 15) is 19.8 Å². The van der Waals surface area contributed by atoms with E-state index in [0.29, 0.717) is 25.7 Å². The Hall–Kier alpha value is -1.46. The average Bonchev–Trinajstić information content (AvgIpc) is 2.89. The number of carbonyl (C=O) groups excluding carboxylic acids is 2. The Balaban J connectivity index is 2.55. The molecule has 1 aliphatic rings. The van der Waals surface area contributed by atoms with Gasteiger partial charge in [0.25, 0.3) is 0 Å². The third kappa shape index (κ3) is 8.85. The smallest absolute Gasteiger partial charge is 0.305 e. The summed E-state index contributed by atoms with van der Waals surface area (Å²) in [5.74, 6) is -0.648. The maximum Gasteiger partial charge on any atom is 0.305 e. The molecule has 154 valence electrons. The van der Waals surface area contributed by atoms with Crippen molar-refractivity contribution in [1.29, 1.82) is 0 Å². The molecule has 2 N–H and O–H groups in total. The van der Waals surface area contributed by atoms with Gasteiger partial charge in [-0.1, -0.05) is 50.5 Å². The number of allylic oxidation sites excluding steroid dienone is 2. The fourth-order valence-electron chi connectivity index (χ4n) is 3.49. The second-order valence-electron chi connectivity index (χ2n) is 7.77. The number of methoxy groups -OCH3 is 1. The van der Waals surface area contributed by atoms with E-state index in [4.69, 9.17) is 0 Å². The third-order valence-electron chi connectivity index (χ3n) is 5.23. The first-order valence-corrected chi connectivity index (χ1v) is 10.1. The summed E-state index contributed by atoms with van der Waals surface area (Å²) in [7, 11) is 1.38. The van der Waals surface area contributed by atoms with Gasteiger partial charge < -0.3 is 14.9 Å². The zero-order chi connectivity index (χ0) is 20.3. The predicted molar refractivity (Wildman–Crippen MR) is 106 cm³/mol. The molecule has 1 aliphatic carbocycles. The summed E-state index contributed by atoms with van der Waals surface area (Å²) < 4.78 is 4.60. The van der Waals surface area contributed by atoms with Crippen LogP contribution in [0.2, 0.25) is 0 Å². The van der Waals surface area contributed by atoms with Crippen LogP contribution in [-0.2, 0) is 14.3 Å². The highest BCUT2D eigenvalue weighted by Crippen LogP contribution is 2.34. The molecule has 5 heteroatoms. The lowest BCUT2D eigenvalue weighted by molar-refractivity contribution is -0.140. The molecular formula is C22H36O5. The topological polar surface area (TPSA) is 83.8 Å². The Morgan fingerprint density at radius 1 is 1.30 bits per heavy atom. The van der Waals surface area contributed by atoms with Crippen molar-refractivity contribution in [3.05, 3.63) is 24.3 Å². The molecule has 0 aliphatic heterocycles. The highest BCUT2D eigenvalue weighted by Gasteiger charge is 2.39. The second-order valence-corrected chi connectivity index (χ2v) is 7.77. The van der Waals surface area contributed by atoms with Gasteiger partial charge in [-0.25, -0.2) is 0 Å². The van der Waals surface area contributed by atoms with E-state index in [0.717, 1.165) is 25.7 Å². The van der Waals surface area contributed by atoms with Crippen LogP contribution < -0.4 is 0 Å². The minimum atomic E-state index is -0.908. The van der Waals surface area contributed by atoms with Gasteiger partial charge in [0.1, 0.15) is 5.78 Å². The fourth-order valence-corrected chi connectivity index (χ4v) is 3.49. The van der Waals surface area contributed by atoms with E-state index in [-0.39, 0.29) is 30.0 Å². The number of aliphatic hydroxyl groups is 2. The van der Waals surface area contributed by atoms with E-state index in [2.05, 4.69) is 11.7 Å². The Morgan fingerprint density at radius 2 is 2.04 bits per heavy atom. The van der Waals surface area contributed by atoms with Crippen LogP contribution in [0.15, 0.2) is 24.3 Å². The highest BCUT2D eigenvalue weighted by atomic mass is 16.5. The summed E-state index contributed by atoms with van der Waals surface area (Å²) in [5.41, 5.74) is -0.908. The van der Waals surface area contributed by atoms with Crippen LogP contribution >= 0.6 is 0 Å². The first-order chi connectivity index (χ1) is 12.8. The van der Waals surface area contributed by atoms with Crippen molar-refractivity contribution in [3.8, 4) is 0 Å². The predicted octanol–water partition coefficient (Wildman–Crippen LogP) is 3.73. The van der Waals surface area contributed by atoms with Crippen molar-refractivity contribution < 1.29 is 24.5 Å². The number of ether oxygens (including phenoxy) is 1. The molecule has 0 unspecified atom stereocenters. The van der Waals surface area contributed by atoms with Crippen LogP contribution in [0.4, 0.5) is 0 Å². The Kier molecular flexibility index (Phi) is 10.6. The lowest BCUT2D eigenvalue weighted by Crippen LogP contribution is -2.23. The molecule has 0 spiro atoms. The van der Waals surface area contributed by atoms with Crippen molar-refractivity contribution in [1.82, 2.24) is 0 Å². The van der Waals surface area contributed by atoms with Crippen molar-refractivity contribution in [2.45, 2.75) is 83.3 Å². The van der Waals surface area contributed by atoms with Crippen LogP contribution in [0.25, 0.3) is 0 Å². The zero-order valence-corrected chi connectivity index (χ0v) is 17.0. The number of rotatable bonds is 12. The van der Waals surface area contributed by atoms with Crippen LogP contribution in [0.5, 0.6) is 0 Å². The average molecular weight is 381 g/mol. The van der Waals surface area contributed by atoms with Crippen LogP contribution in [-0.4, -0.2) is 40.8 Å². The molecule has 27 heavy (non-hydrogen) atoms. The molecule has 1 saturated carbocycles. The number of esters is 1. The molecule has 0 aromatic carbocycles. The molecule has 0 saturated heterocycles. The SMILES string of the molecule is CCCCC[C@@](C)(O)C=C[C@H]1[C@H](O)CC(=O)[C@@H]1CC=CCCCC(=O)OC. The largest absolute Gasteiger partial charge is 0.469 e. The van der Waals surface area contributed by atoms with Gasteiger partial charge in [0.15, 0.2) is 0 Å². The minimum Gasteiger partial charge on any atom is -0.469 e. The van der Waals surface area contributed by atoms with Crippen molar-refractivity contribution in [2.24, 2.45) is 11.8 Å². The van der Waals surface area contributed by atoms with Gasteiger partial charge in [-0.05, 0) is 32.6 Å². The number of Topliss-reactive ketones (excluding diaryl/α,β-unsaturated/α-hetero) is 1. The number of carbonyl (C=O) groups is 2. The van der Waals surface area contributed by atoms with E-state index in [1.807, 2.05) is 18.2 Å². The van der Waals surface area contributed by atoms with E-state index in [1.54, 1.807) is 13.0 Å². The number of hydrogen-bond acceptors (Lipinski definition) is 5. The van der Waals surface area contributed by atoms with Gasteiger partial charge in [-0.2, -0.15) is 0 Å². The lowest BCUT2D eigenvalue weighted by Gasteiger charge is -2.21. The van der Waals surface area contributed by atoms with Crippen LogP contribution in [0.1, 0.15) is 71.6 Å². The summed E-state index contributed by atoms with van der Waals surface area (Å²) in [4.78, 5) is 23.3. The van der Waals surface area contributed by atoms with Gasteiger partial charge in [0.2, 0.25) is 0 Å². The maximum absolute atomic E-state index is 12.2. The van der Waals surface area contributed by atoms with Gasteiger partial charge in [-0.15, -0.1) is 0 Å². The first-order valence-electron chi connectivity index (χ1n) is 10.1. The second kappa shape index (κ2) is 12.1. The molecule has 0 heterocycles. The molecular weight excluding hydrogens is 344 g/mol. The third-order valence-corrected chi connectivity index (χ3v) is 5.23. The van der Waals surface area contributed by atoms with Gasteiger partial charge in [-0.3, -0.25) is 9.59 Å². The molecule has 5 nitrogen and oxygen atoms in total. The van der Waals surface area contributed by atoms with Crippen molar-refractivity contribution in [3.63, 3.8) is 0 Å². The zero-order valence-electron chi connectivity index (χ0n) is 17.0. The molecule has 0 amide bonds. The van der Waals surface area contributed by atoms with Gasteiger partial charge in [0.05, 0.1) is 18.8 Å². The standard InChI is InChI=1S/C22H36O5/c1-4-5-10-14-22(2,26)15-13-18-17(19(23)16-20(18)24)11-8-6-7-9-12-21(25)27-3/h6,8,13,15,17-18,20,24,26H,4-5,7,9-12,14,16H2,1-3H3/t17-,18-,20-,22-/m1/s1. The summed E-state index contributed by atoms with van der Waals surface area (Å²) in [6.45, 7) is 3.90. The van der Waals surface area contributed by atoms with E-state index in [1.165, 1.54) is 7.11 Å². The normalized spacial score (nSPS) is 25.4. The monoisotopic (exact) mass is 380 g/mol. The molecule has 1 fully saturated rings. The van der Waals surface area contributed by atoms with Gasteiger partial charge in [0, 0.05) is 24.7 Å². The number of ketones is 1. The first kappa shape index (κ1) is 23.6. The van der Waals surface area contributed by atoms with E-state index < -0.39 is 11.7 Å². The Bertz CT molecular complexity index is 521. The number of hydrogen-bond donors (Lipinski definition) is 2. The van der Waals surface area contributed by atoms with Crippen molar-refractivity contribution in [2.75, 3.05) is 7.11 Å². The molecule has 4 atom stereocenters. The molecule has 0 aromatic rings. The highest BCUT2D eigenvalue weighted by molar-refractivity contribution is 5.84. The lowest BCUT2D eigenvalue weighted by atomic mass is 9.88.